The Hall–Kier alpha value is -1.35. The summed E-state index contributed by atoms with van der Waals surface area (Å²) in [6.07, 6.45) is 4.24. The number of carboxylic acids is 1. The zero-order chi connectivity index (χ0) is 15.3. The Labute approximate surface area is 128 Å². The molecule has 1 aliphatic rings. The standard InChI is InChI=1S/C18H27NO2/c1-3-5-11-18(4-2)14-19(13-16(18)17(20)21)12-15-9-7-6-8-10-15/h6-10,16H,3-5,11-14H2,1-2H3,(H,20,21). The Morgan fingerprint density at radius 2 is 2.05 bits per heavy atom. The molecule has 1 aromatic carbocycles. The van der Waals surface area contributed by atoms with E-state index in [1.807, 2.05) is 18.2 Å². The van der Waals surface area contributed by atoms with Crippen LogP contribution in [-0.2, 0) is 11.3 Å². The van der Waals surface area contributed by atoms with E-state index in [0.717, 1.165) is 38.8 Å². The maximum absolute atomic E-state index is 11.7. The van der Waals surface area contributed by atoms with Crippen molar-refractivity contribution in [1.29, 1.82) is 0 Å². The minimum absolute atomic E-state index is 0.0450. The summed E-state index contributed by atoms with van der Waals surface area (Å²) in [6, 6.07) is 10.3. The van der Waals surface area contributed by atoms with Crippen LogP contribution < -0.4 is 0 Å². The third kappa shape index (κ3) is 3.65. The second kappa shape index (κ2) is 7.08. The highest BCUT2D eigenvalue weighted by Gasteiger charge is 2.48. The van der Waals surface area contributed by atoms with Gasteiger partial charge in [-0.05, 0) is 23.8 Å². The summed E-state index contributed by atoms with van der Waals surface area (Å²) in [4.78, 5) is 14.0. The first-order valence-corrected chi connectivity index (χ1v) is 8.10. The fourth-order valence-corrected chi connectivity index (χ4v) is 3.69. The van der Waals surface area contributed by atoms with Crippen LogP contribution in [0.25, 0.3) is 0 Å². The number of likely N-dealkylation sites (tertiary alicyclic amines) is 1. The molecule has 1 aliphatic heterocycles. The first-order chi connectivity index (χ1) is 10.1. The van der Waals surface area contributed by atoms with Crippen molar-refractivity contribution >= 4 is 5.97 Å². The zero-order valence-electron chi connectivity index (χ0n) is 13.2. The van der Waals surface area contributed by atoms with Crippen LogP contribution in [0.5, 0.6) is 0 Å². The number of hydrogen-bond donors (Lipinski definition) is 1. The van der Waals surface area contributed by atoms with Crippen LogP contribution in [0.3, 0.4) is 0 Å². The Kier molecular flexibility index (Phi) is 5.40. The van der Waals surface area contributed by atoms with Crippen molar-refractivity contribution in [2.45, 2.75) is 46.1 Å². The van der Waals surface area contributed by atoms with Crippen molar-refractivity contribution in [2.75, 3.05) is 13.1 Å². The molecule has 0 amide bonds. The number of rotatable bonds is 7. The smallest absolute Gasteiger partial charge is 0.308 e. The molecule has 3 heteroatoms. The van der Waals surface area contributed by atoms with Gasteiger partial charge in [0.15, 0.2) is 0 Å². The van der Waals surface area contributed by atoms with E-state index in [0.29, 0.717) is 6.54 Å². The Morgan fingerprint density at radius 1 is 1.33 bits per heavy atom. The van der Waals surface area contributed by atoms with E-state index >= 15 is 0 Å². The van der Waals surface area contributed by atoms with Crippen LogP contribution in [-0.4, -0.2) is 29.1 Å². The minimum Gasteiger partial charge on any atom is -0.481 e. The maximum atomic E-state index is 11.7. The van der Waals surface area contributed by atoms with Crippen LogP contribution in [0.2, 0.25) is 0 Å². The lowest BCUT2D eigenvalue weighted by Gasteiger charge is -2.32. The molecule has 1 saturated heterocycles. The number of carbonyl (C=O) groups is 1. The van der Waals surface area contributed by atoms with Crippen molar-refractivity contribution in [1.82, 2.24) is 4.90 Å². The van der Waals surface area contributed by atoms with E-state index < -0.39 is 5.97 Å². The zero-order valence-corrected chi connectivity index (χ0v) is 13.2. The normalized spacial score (nSPS) is 26.1. The Bertz CT molecular complexity index is 460. The number of benzene rings is 1. The SMILES string of the molecule is CCCCC1(CC)CN(Cc2ccccc2)CC1C(=O)O. The van der Waals surface area contributed by atoms with Gasteiger partial charge in [0.25, 0.3) is 0 Å². The lowest BCUT2D eigenvalue weighted by Crippen LogP contribution is -2.34. The molecule has 1 fully saturated rings. The average molecular weight is 289 g/mol. The summed E-state index contributed by atoms with van der Waals surface area (Å²) >= 11 is 0. The summed E-state index contributed by atoms with van der Waals surface area (Å²) in [5, 5.41) is 9.64. The molecule has 2 atom stereocenters. The summed E-state index contributed by atoms with van der Waals surface area (Å²) in [6.45, 7) is 6.78. The third-order valence-electron chi connectivity index (χ3n) is 5.00. The molecule has 116 valence electrons. The number of hydrogen-bond acceptors (Lipinski definition) is 2. The van der Waals surface area contributed by atoms with Crippen LogP contribution in [0, 0.1) is 11.3 Å². The quantitative estimate of drug-likeness (QED) is 0.830. The summed E-state index contributed by atoms with van der Waals surface area (Å²) < 4.78 is 0. The van der Waals surface area contributed by atoms with Gasteiger partial charge < -0.3 is 5.11 Å². The molecular weight excluding hydrogens is 262 g/mol. The highest BCUT2D eigenvalue weighted by molar-refractivity contribution is 5.72. The van der Waals surface area contributed by atoms with E-state index in [2.05, 4.69) is 30.9 Å². The summed E-state index contributed by atoms with van der Waals surface area (Å²) in [5.41, 5.74) is 1.22. The monoisotopic (exact) mass is 289 g/mol. The van der Waals surface area contributed by atoms with Gasteiger partial charge in [0.05, 0.1) is 5.92 Å². The van der Waals surface area contributed by atoms with Crippen LogP contribution in [0.15, 0.2) is 30.3 Å². The van der Waals surface area contributed by atoms with E-state index in [1.165, 1.54) is 5.56 Å². The molecule has 21 heavy (non-hydrogen) atoms. The van der Waals surface area contributed by atoms with Crippen LogP contribution in [0.1, 0.15) is 45.1 Å². The number of aliphatic carboxylic acids is 1. The summed E-state index contributed by atoms with van der Waals surface area (Å²) in [5.74, 6) is -0.846. The molecule has 2 rings (SSSR count). The Morgan fingerprint density at radius 3 is 2.62 bits per heavy atom. The highest BCUT2D eigenvalue weighted by Crippen LogP contribution is 2.44. The van der Waals surface area contributed by atoms with Crippen molar-refractivity contribution in [3.63, 3.8) is 0 Å². The van der Waals surface area contributed by atoms with E-state index in [4.69, 9.17) is 0 Å². The largest absolute Gasteiger partial charge is 0.481 e. The fraction of sp³-hybridized carbons (Fsp3) is 0.611. The topological polar surface area (TPSA) is 40.5 Å². The molecule has 0 aromatic heterocycles. The molecule has 0 spiro atoms. The van der Waals surface area contributed by atoms with Gasteiger partial charge in [-0.2, -0.15) is 0 Å². The second-order valence-electron chi connectivity index (χ2n) is 6.37. The molecule has 0 radical (unpaired) electrons. The van der Waals surface area contributed by atoms with Gasteiger partial charge in [0, 0.05) is 19.6 Å². The third-order valence-corrected chi connectivity index (χ3v) is 5.00. The number of nitrogens with zero attached hydrogens (tertiary/aromatic N) is 1. The minimum atomic E-state index is -0.622. The van der Waals surface area contributed by atoms with E-state index in [1.54, 1.807) is 0 Å². The average Bonchev–Trinajstić information content (AvgIpc) is 2.85. The maximum Gasteiger partial charge on any atom is 0.308 e. The van der Waals surface area contributed by atoms with Crippen LogP contribution >= 0.6 is 0 Å². The van der Waals surface area contributed by atoms with Crippen molar-refractivity contribution in [3.05, 3.63) is 35.9 Å². The van der Waals surface area contributed by atoms with Crippen molar-refractivity contribution < 1.29 is 9.90 Å². The fourth-order valence-electron chi connectivity index (χ4n) is 3.69. The molecule has 0 aliphatic carbocycles. The first-order valence-electron chi connectivity index (χ1n) is 8.10. The van der Waals surface area contributed by atoms with Gasteiger partial charge >= 0.3 is 5.97 Å². The molecule has 1 N–H and O–H groups in total. The first kappa shape index (κ1) is 16.0. The second-order valence-corrected chi connectivity index (χ2v) is 6.37. The van der Waals surface area contributed by atoms with E-state index in [9.17, 15) is 9.90 Å². The molecule has 0 saturated carbocycles. The number of carboxylic acid groups (broad SMARTS) is 1. The van der Waals surface area contributed by atoms with Gasteiger partial charge in [-0.25, -0.2) is 0 Å². The van der Waals surface area contributed by atoms with Gasteiger partial charge in [-0.1, -0.05) is 57.0 Å². The molecule has 1 aromatic rings. The molecule has 1 heterocycles. The predicted octanol–water partition coefficient (Wildman–Crippen LogP) is 3.79. The number of unbranched alkanes of at least 4 members (excludes halogenated alkanes) is 1. The molecular formula is C18H27NO2. The molecule has 3 nitrogen and oxygen atoms in total. The summed E-state index contributed by atoms with van der Waals surface area (Å²) in [7, 11) is 0. The van der Waals surface area contributed by atoms with Gasteiger partial charge in [-0.15, -0.1) is 0 Å². The highest BCUT2D eigenvalue weighted by atomic mass is 16.4. The lowest BCUT2D eigenvalue weighted by atomic mass is 9.72. The molecule has 0 bridgehead atoms. The lowest BCUT2D eigenvalue weighted by molar-refractivity contribution is -0.145. The van der Waals surface area contributed by atoms with Gasteiger partial charge in [-0.3, -0.25) is 9.69 Å². The van der Waals surface area contributed by atoms with Gasteiger partial charge in [0.1, 0.15) is 0 Å². The predicted molar refractivity (Wildman–Crippen MR) is 85.1 cm³/mol. The molecule has 2 unspecified atom stereocenters. The Balaban J connectivity index is 2.12. The van der Waals surface area contributed by atoms with Crippen LogP contribution in [0.4, 0.5) is 0 Å². The van der Waals surface area contributed by atoms with Crippen molar-refractivity contribution in [2.24, 2.45) is 11.3 Å². The van der Waals surface area contributed by atoms with Gasteiger partial charge in [0.2, 0.25) is 0 Å². The van der Waals surface area contributed by atoms with Crippen molar-refractivity contribution in [3.8, 4) is 0 Å². The van der Waals surface area contributed by atoms with E-state index in [-0.39, 0.29) is 11.3 Å².